The molecule has 0 aliphatic carbocycles. The van der Waals surface area contributed by atoms with Crippen molar-refractivity contribution in [3.8, 4) is 0 Å². The highest BCUT2D eigenvalue weighted by Crippen LogP contribution is 2.22. The minimum absolute atomic E-state index is 0.439. The molecule has 1 aliphatic rings. The van der Waals surface area contributed by atoms with E-state index in [2.05, 4.69) is 25.2 Å². The van der Waals surface area contributed by atoms with Crippen LogP contribution < -0.4 is 16.0 Å². The number of nitrogen functional groups attached to an aromatic ring is 1. The minimum Gasteiger partial charge on any atom is -0.382 e. The number of anilines is 2. The van der Waals surface area contributed by atoms with Gasteiger partial charge in [-0.05, 0) is 32.0 Å². The number of aromatic nitrogens is 3. The lowest BCUT2D eigenvalue weighted by Crippen LogP contribution is -2.44. The van der Waals surface area contributed by atoms with Gasteiger partial charge in [0.15, 0.2) is 5.82 Å². The van der Waals surface area contributed by atoms with Crippen LogP contribution in [0.2, 0.25) is 0 Å². The molecule has 3 heterocycles. The van der Waals surface area contributed by atoms with Gasteiger partial charge in [-0.25, -0.2) is 15.0 Å². The van der Waals surface area contributed by atoms with Gasteiger partial charge in [0.25, 0.3) is 0 Å². The van der Waals surface area contributed by atoms with E-state index < -0.39 is 0 Å². The molecule has 0 unspecified atom stereocenters. The summed E-state index contributed by atoms with van der Waals surface area (Å²) in [6.07, 6.45) is 3.86. The van der Waals surface area contributed by atoms with Gasteiger partial charge in [0.05, 0.1) is 5.52 Å². The van der Waals surface area contributed by atoms with Crippen molar-refractivity contribution in [3.63, 3.8) is 0 Å². The molecule has 0 amide bonds. The molecule has 2 aromatic heterocycles. The van der Waals surface area contributed by atoms with Crippen LogP contribution in [-0.4, -0.2) is 41.1 Å². The van der Waals surface area contributed by atoms with E-state index in [0.717, 1.165) is 24.4 Å². The molecule has 1 aliphatic heterocycles. The molecule has 0 spiro atoms. The van der Waals surface area contributed by atoms with Crippen molar-refractivity contribution >= 4 is 22.7 Å². The van der Waals surface area contributed by atoms with E-state index in [0.29, 0.717) is 17.4 Å². The summed E-state index contributed by atoms with van der Waals surface area (Å²) in [6.45, 7) is 2.01. The van der Waals surface area contributed by atoms with Crippen LogP contribution in [0.3, 0.4) is 0 Å². The van der Waals surface area contributed by atoms with Crippen molar-refractivity contribution in [2.75, 3.05) is 30.8 Å². The number of likely N-dealkylation sites (N-methyl/N-ethyl adjacent to an activating group) is 1. The summed E-state index contributed by atoms with van der Waals surface area (Å²) in [7, 11) is 2.01. The molecule has 0 aromatic carbocycles. The molecule has 1 atom stereocenters. The largest absolute Gasteiger partial charge is 0.382 e. The molecule has 3 N–H and O–H groups in total. The van der Waals surface area contributed by atoms with Crippen LogP contribution in [0.25, 0.3) is 11.0 Å². The lowest BCUT2D eigenvalue weighted by atomic mass is 10.1. The van der Waals surface area contributed by atoms with E-state index in [4.69, 9.17) is 5.73 Å². The van der Waals surface area contributed by atoms with Crippen LogP contribution >= 0.6 is 0 Å². The van der Waals surface area contributed by atoms with Gasteiger partial charge in [0.1, 0.15) is 17.7 Å². The topological polar surface area (TPSA) is 80.0 Å². The highest BCUT2D eigenvalue weighted by Gasteiger charge is 2.19. The number of nitrogens with two attached hydrogens (primary N) is 1. The quantitative estimate of drug-likeness (QED) is 0.829. The molecular formula is C13H18N6. The summed E-state index contributed by atoms with van der Waals surface area (Å²) in [5.74, 6) is 1.39. The number of piperidine rings is 1. The van der Waals surface area contributed by atoms with E-state index in [1.54, 1.807) is 0 Å². The van der Waals surface area contributed by atoms with E-state index >= 15 is 0 Å². The first-order chi connectivity index (χ1) is 9.28. The van der Waals surface area contributed by atoms with Crippen molar-refractivity contribution in [2.45, 2.75) is 18.9 Å². The molecule has 0 radical (unpaired) electrons. The number of nitrogens with zero attached hydrogens (tertiary/aromatic N) is 4. The third kappa shape index (κ3) is 2.31. The fraction of sp³-hybridized carbons (Fsp3) is 0.462. The van der Waals surface area contributed by atoms with Crippen LogP contribution in [0.4, 0.5) is 11.6 Å². The zero-order valence-electron chi connectivity index (χ0n) is 11.0. The smallest absolute Gasteiger partial charge is 0.153 e. The molecule has 6 nitrogen and oxygen atoms in total. The summed E-state index contributed by atoms with van der Waals surface area (Å²) in [5, 5.41) is 3.33. The molecule has 19 heavy (non-hydrogen) atoms. The summed E-state index contributed by atoms with van der Waals surface area (Å²) >= 11 is 0. The zero-order valence-corrected chi connectivity index (χ0v) is 11.0. The van der Waals surface area contributed by atoms with Crippen LogP contribution in [0, 0.1) is 0 Å². The standard InChI is InChI=1S/C13H18N6/c1-15-9-3-2-6-19(7-9)11-5-4-10-12(18-11)13(14)17-8-16-10/h4-5,8-9,15H,2-3,6-7H2,1H3,(H2,14,16,17)/t9-/m0/s1. The highest BCUT2D eigenvalue weighted by molar-refractivity contribution is 5.84. The van der Waals surface area contributed by atoms with Gasteiger partial charge in [-0.3, -0.25) is 0 Å². The molecular weight excluding hydrogens is 240 g/mol. The second kappa shape index (κ2) is 4.97. The Hall–Kier alpha value is -1.95. The average Bonchev–Trinajstić information content (AvgIpc) is 2.47. The Labute approximate surface area is 112 Å². The summed E-state index contributed by atoms with van der Waals surface area (Å²) in [6, 6.07) is 4.49. The molecule has 0 saturated carbocycles. The van der Waals surface area contributed by atoms with Crippen molar-refractivity contribution in [1.82, 2.24) is 20.3 Å². The first-order valence-electron chi connectivity index (χ1n) is 6.57. The Morgan fingerprint density at radius 3 is 3.11 bits per heavy atom. The van der Waals surface area contributed by atoms with Gasteiger partial charge in [-0.2, -0.15) is 0 Å². The van der Waals surface area contributed by atoms with E-state index in [9.17, 15) is 0 Å². The van der Waals surface area contributed by atoms with Crippen molar-refractivity contribution in [2.24, 2.45) is 0 Å². The predicted molar refractivity (Wildman–Crippen MR) is 76.0 cm³/mol. The fourth-order valence-electron chi connectivity index (χ4n) is 2.55. The lowest BCUT2D eigenvalue weighted by molar-refractivity contribution is 0.448. The Bertz CT molecular complexity index is 584. The third-order valence-electron chi connectivity index (χ3n) is 3.65. The number of nitrogens with one attached hydrogen (secondary N) is 1. The minimum atomic E-state index is 0.439. The van der Waals surface area contributed by atoms with Gasteiger partial charge >= 0.3 is 0 Å². The van der Waals surface area contributed by atoms with Crippen LogP contribution in [0.1, 0.15) is 12.8 Å². The first kappa shape index (κ1) is 12.1. The van der Waals surface area contributed by atoms with E-state index in [1.165, 1.54) is 19.2 Å². The Kier molecular flexibility index (Phi) is 3.16. The third-order valence-corrected chi connectivity index (χ3v) is 3.65. The molecule has 100 valence electrons. The summed E-state index contributed by atoms with van der Waals surface area (Å²) in [5.41, 5.74) is 7.34. The average molecular weight is 258 g/mol. The SMILES string of the molecule is CN[C@H]1CCCN(c2ccc3ncnc(N)c3n2)C1. The van der Waals surface area contributed by atoms with Crippen LogP contribution in [0.15, 0.2) is 18.5 Å². The molecule has 2 aromatic rings. The Morgan fingerprint density at radius 2 is 2.26 bits per heavy atom. The van der Waals surface area contributed by atoms with E-state index in [-0.39, 0.29) is 0 Å². The van der Waals surface area contributed by atoms with Crippen LogP contribution in [0.5, 0.6) is 0 Å². The second-order valence-electron chi connectivity index (χ2n) is 4.87. The normalized spacial score (nSPS) is 19.8. The zero-order chi connectivity index (χ0) is 13.2. The number of fused-ring (bicyclic) bond motifs is 1. The van der Waals surface area contributed by atoms with Crippen molar-refractivity contribution in [3.05, 3.63) is 18.5 Å². The maximum absolute atomic E-state index is 5.86. The second-order valence-corrected chi connectivity index (χ2v) is 4.87. The molecule has 1 fully saturated rings. The van der Waals surface area contributed by atoms with Gasteiger partial charge in [-0.15, -0.1) is 0 Å². The molecule has 1 saturated heterocycles. The monoisotopic (exact) mass is 258 g/mol. The van der Waals surface area contributed by atoms with Crippen molar-refractivity contribution in [1.29, 1.82) is 0 Å². The lowest BCUT2D eigenvalue weighted by Gasteiger charge is -2.33. The maximum Gasteiger partial charge on any atom is 0.153 e. The number of rotatable bonds is 2. The summed E-state index contributed by atoms with van der Waals surface area (Å²) in [4.78, 5) is 15.1. The number of hydrogen-bond donors (Lipinski definition) is 2. The maximum atomic E-state index is 5.86. The van der Waals surface area contributed by atoms with Crippen molar-refractivity contribution < 1.29 is 0 Å². The number of pyridine rings is 1. The molecule has 0 bridgehead atoms. The van der Waals surface area contributed by atoms with E-state index in [1.807, 2.05) is 19.2 Å². The molecule has 6 heteroatoms. The highest BCUT2D eigenvalue weighted by atomic mass is 15.2. The summed E-state index contributed by atoms with van der Waals surface area (Å²) < 4.78 is 0. The number of hydrogen-bond acceptors (Lipinski definition) is 6. The van der Waals surface area contributed by atoms with Gasteiger partial charge in [0.2, 0.25) is 0 Å². The van der Waals surface area contributed by atoms with Gasteiger partial charge < -0.3 is 16.0 Å². The predicted octanol–water partition coefficient (Wildman–Crippen LogP) is 0.795. The van der Waals surface area contributed by atoms with Crippen LogP contribution in [-0.2, 0) is 0 Å². The van der Waals surface area contributed by atoms with Gasteiger partial charge in [0, 0.05) is 19.1 Å². The van der Waals surface area contributed by atoms with Gasteiger partial charge in [-0.1, -0.05) is 0 Å². The molecule has 3 rings (SSSR count). The first-order valence-corrected chi connectivity index (χ1v) is 6.57. The Balaban J connectivity index is 1.94. The Morgan fingerprint density at radius 1 is 1.37 bits per heavy atom. The fourth-order valence-corrected chi connectivity index (χ4v) is 2.55.